The van der Waals surface area contributed by atoms with E-state index in [0.29, 0.717) is 0 Å². The van der Waals surface area contributed by atoms with E-state index in [2.05, 4.69) is 72.9 Å². The van der Waals surface area contributed by atoms with Gasteiger partial charge >= 0.3 is 0 Å². The van der Waals surface area contributed by atoms with Crippen molar-refractivity contribution in [2.45, 2.75) is 33.6 Å². The molecule has 5 heteroatoms. The lowest BCUT2D eigenvalue weighted by molar-refractivity contribution is 0.638. The van der Waals surface area contributed by atoms with Gasteiger partial charge in [-0.05, 0) is 38.0 Å². The Kier molecular flexibility index (Phi) is 5.96. The topological polar surface area (TPSA) is 35.5 Å². The Hall–Kier alpha value is -2.30. The molecule has 2 aromatic rings. The Labute approximate surface area is 157 Å². The smallest absolute Gasteiger partial charge is 0.227 e. The molecule has 26 heavy (non-hydrogen) atoms. The summed E-state index contributed by atoms with van der Waals surface area (Å²) in [5.41, 5.74) is 3.66. The van der Waals surface area contributed by atoms with Gasteiger partial charge in [-0.15, -0.1) is 0 Å². The minimum atomic E-state index is 0.868. The summed E-state index contributed by atoms with van der Waals surface area (Å²) in [7, 11) is 2.12. The molecule has 140 valence electrons. The molecule has 1 fully saturated rings. The number of unbranched alkanes of at least 4 members (excludes halogenated alkanes) is 1. The molecule has 0 spiro atoms. The Morgan fingerprint density at radius 2 is 1.73 bits per heavy atom. The monoisotopic (exact) mass is 353 g/mol. The lowest BCUT2D eigenvalue weighted by Crippen LogP contribution is -2.47. The third-order valence-corrected chi connectivity index (χ3v) is 5.00. The molecular formula is C21H31N5. The number of aryl methyl sites for hydroxylation is 2. The molecule has 1 saturated heterocycles. The van der Waals surface area contributed by atoms with Gasteiger partial charge in [-0.3, -0.25) is 0 Å². The van der Waals surface area contributed by atoms with E-state index in [1.807, 2.05) is 0 Å². The van der Waals surface area contributed by atoms with Crippen molar-refractivity contribution >= 4 is 17.5 Å². The van der Waals surface area contributed by atoms with E-state index in [-0.39, 0.29) is 0 Å². The van der Waals surface area contributed by atoms with E-state index in [4.69, 9.17) is 9.97 Å². The average Bonchev–Trinajstić information content (AvgIpc) is 2.65. The summed E-state index contributed by atoms with van der Waals surface area (Å²) in [5, 5.41) is 0. The molecule has 1 aromatic heterocycles. The van der Waals surface area contributed by atoms with Crippen LogP contribution in [0.3, 0.4) is 0 Å². The number of piperazine rings is 1. The summed E-state index contributed by atoms with van der Waals surface area (Å²) < 4.78 is 0. The molecule has 0 N–H and O–H groups in total. The highest BCUT2D eigenvalue weighted by Crippen LogP contribution is 2.21. The zero-order chi connectivity index (χ0) is 18.5. The fraction of sp³-hybridized carbons (Fsp3) is 0.524. The van der Waals surface area contributed by atoms with Crippen LogP contribution in [0.1, 0.15) is 31.0 Å². The maximum atomic E-state index is 4.84. The molecular weight excluding hydrogens is 322 g/mol. The second kappa shape index (κ2) is 8.39. The van der Waals surface area contributed by atoms with Crippen molar-refractivity contribution in [3.05, 3.63) is 41.6 Å². The van der Waals surface area contributed by atoms with Crippen LogP contribution in [0, 0.1) is 13.8 Å². The van der Waals surface area contributed by atoms with Crippen LogP contribution in [0.4, 0.5) is 17.5 Å². The maximum absolute atomic E-state index is 4.84. The number of aromatic nitrogens is 2. The van der Waals surface area contributed by atoms with Gasteiger partial charge in [0.2, 0.25) is 5.95 Å². The van der Waals surface area contributed by atoms with Gasteiger partial charge in [0.15, 0.2) is 0 Å². The molecule has 2 heterocycles. The molecule has 1 aliphatic rings. The summed E-state index contributed by atoms with van der Waals surface area (Å²) in [6, 6.07) is 10.8. The number of nitrogens with zero attached hydrogens (tertiary/aromatic N) is 5. The summed E-state index contributed by atoms with van der Waals surface area (Å²) >= 11 is 0. The SMILES string of the molecule is CCCCN(C)c1cc(C)nc(N2CCN(c3cccc(C)c3)CC2)n1. The highest BCUT2D eigenvalue weighted by Gasteiger charge is 2.20. The van der Waals surface area contributed by atoms with Crippen molar-refractivity contribution in [2.24, 2.45) is 0 Å². The zero-order valence-corrected chi connectivity index (χ0v) is 16.6. The van der Waals surface area contributed by atoms with Gasteiger partial charge in [-0.25, -0.2) is 4.98 Å². The van der Waals surface area contributed by atoms with Crippen molar-refractivity contribution in [3.63, 3.8) is 0 Å². The number of hydrogen-bond acceptors (Lipinski definition) is 5. The molecule has 1 aromatic carbocycles. The normalized spacial score (nSPS) is 14.6. The van der Waals surface area contributed by atoms with Crippen molar-refractivity contribution in [2.75, 3.05) is 54.5 Å². The molecule has 0 bridgehead atoms. The molecule has 0 saturated carbocycles. The molecule has 0 unspecified atom stereocenters. The first-order valence-electron chi connectivity index (χ1n) is 9.70. The second-order valence-electron chi connectivity index (χ2n) is 7.26. The third kappa shape index (κ3) is 4.45. The van der Waals surface area contributed by atoms with Crippen LogP contribution < -0.4 is 14.7 Å². The molecule has 0 atom stereocenters. The van der Waals surface area contributed by atoms with Gasteiger partial charge in [0.05, 0.1) is 0 Å². The van der Waals surface area contributed by atoms with Crippen LogP contribution in [0.15, 0.2) is 30.3 Å². The Morgan fingerprint density at radius 1 is 1.00 bits per heavy atom. The predicted molar refractivity (Wildman–Crippen MR) is 111 cm³/mol. The van der Waals surface area contributed by atoms with E-state index < -0.39 is 0 Å². The third-order valence-electron chi connectivity index (χ3n) is 5.00. The van der Waals surface area contributed by atoms with Crippen LogP contribution in [0.25, 0.3) is 0 Å². The summed E-state index contributed by atoms with van der Waals surface area (Å²) in [5.74, 6) is 1.90. The molecule has 3 rings (SSSR count). The largest absolute Gasteiger partial charge is 0.368 e. The number of hydrogen-bond donors (Lipinski definition) is 0. The van der Waals surface area contributed by atoms with Crippen molar-refractivity contribution in [3.8, 4) is 0 Å². The van der Waals surface area contributed by atoms with Crippen LogP contribution >= 0.6 is 0 Å². The standard InChI is InChI=1S/C21H31N5/c1-5-6-10-24(4)20-16-18(3)22-21(23-20)26-13-11-25(12-14-26)19-9-7-8-17(2)15-19/h7-9,15-16H,5-6,10-14H2,1-4H3. The lowest BCUT2D eigenvalue weighted by atomic mass is 10.2. The minimum Gasteiger partial charge on any atom is -0.368 e. The van der Waals surface area contributed by atoms with E-state index in [0.717, 1.165) is 50.2 Å². The van der Waals surface area contributed by atoms with Crippen LogP contribution in [0.5, 0.6) is 0 Å². The number of rotatable bonds is 6. The van der Waals surface area contributed by atoms with Gasteiger partial charge < -0.3 is 14.7 Å². The maximum Gasteiger partial charge on any atom is 0.227 e. The quantitative estimate of drug-likeness (QED) is 0.792. The van der Waals surface area contributed by atoms with Gasteiger partial charge in [-0.2, -0.15) is 4.98 Å². The molecule has 0 radical (unpaired) electrons. The van der Waals surface area contributed by atoms with E-state index >= 15 is 0 Å². The fourth-order valence-electron chi connectivity index (χ4n) is 3.37. The predicted octanol–water partition coefficient (Wildman–Crippen LogP) is 3.66. The van der Waals surface area contributed by atoms with E-state index in [1.165, 1.54) is 24.1 Å². The van der Waals surface area contributed by atoms with Crippen LogP contribution in [-0.2, 0) is 0 Å². The highest BCUT2D eigenvalue weighted by atomic mass is 15.3. The van der Waals surface area contributed by atoms with E-state index in [9.17, 15) is 0 Å². The van der Waals surface area contributed by atoms with Gasteiger partial charge in [0.25, 0.3) is 0 Å². The summed E-state index contributed by atoms with van der Waals surface area (Å²) in [6.07, 6.45) is 2.38. The lowest BCUT2D eigenvalue weighted by Gasteiger charge is -2.36. The van der Waals surface area contributed by atoms with Gasteiger partial charge in [0.1, 0.15) is 5.82 Å². The fourth-order valence-corrected chi connectivity index (χ4v) is 3.37. The van der Waals surface area contributed by atoms with E-state index in [1.54, 1.807) is 0 Å². The second-order valence-corrected chi connectivity index (χ2v) is 7.26. The Balaban J connectivity index is 1.68. The van der Waals surface area contributed by atoms with Crippen LogP contribution in [-0.4, -0.2) is 49.7 Å². The van der Waals surface area contributed by atoms with Gasteiger partial charge in [0, 0.05) is 57.2 Å². The number of benzene rings is 1. The Morgan fingerprint density at radius 3 is 2.42 bits per heavy atom. The summed E-state index contributed by atoms with van der Waals surface area (Å²) in [6.45, 7) is 11.4. The molecule has 1 aliphatic heterocycles. The Bertz CT molecular complexity index is 722. The van der Waals surface area contributed by atoms with Crippen molar-refractivity contribution in [1.82, 2.24) is 9.97 Å². The molecule has 5 nitrogen and oxygen atoms in total. The van der Waals surface area contributed by atoms with Crippen molar-refractivity contribution < 1.29 is 0 Å². The minimum absolute atomic E-state index is 0.868. The number of anilines is 3. The zero-order valence-electron chi connectivity index (χ0n) is 16.6. The van der Waals surface area contributed by atoms with Crippen LogP contribution in [0.2, 0.25) is 0 Å². The first kappa shape index (κ1) is 18.5. The first-order valence-corrected chi connectivity index (χ1v) is 9.70. The first-order chi connectivity index (χ1) is 12.6. The summed E-state index contributed by atoms with van der Waals surface area (Å²) in [4.78, 5) is 16.6. The average molecular weight is 354 g/mol. The highest BCUT2D eigenvalue weighted by molar-refractivity contribution is 5.51. The van der Waals surface area contributed by atoms with Gasteiger partial charge in [-0.1, -0.05) is 25.5 Å². The molecule has 0 amide bonds. The van der Waals surface area contributed by atoms with Crippen molar-refractivity contribution in [1.29, 1.82) is 0 Å². The molecule has 0 aliphatic carbocycles.